The molecule has 0 bridgehead atoms. The number of nitrogens with zero attached hydrogens (tertiary/aromatic N) is 3. The van der Waals surface area contributed by atoms with Crippen molar-refractivity contribution in [3.63, 3.8) is 0 Å². The van der Waals surface area contributed by atoms with E-state index in [1.807, 2.05) is 36.1 Å². The number of sulfone groups is 1. The van der Waals surface area contributed by atoms with Crippen LogP contribution in [-0.4, -0.2) is 51.2 Å². The predicted molar refractivity (Wildman–Crippen MR) is 111 cm³/mol. The van der Waals surface area contributed by atoms with Gasteiger partial charge < -0.3 is 14.4 Å². The van der Waals surface area contributed by atoms with Crippen molar-refractivity contribution in [2.24, 2.45) is 0 Å². The highest BCUT2D eigenvalue weighted by Gasteiger charge is 2.23. The van der Waals surface area contributed by atoms with Crippen LogP contribution in [0.2, 0.25) is 0 Å². The summed E-state index contributed by atoms with van der Waals surface area (Å²) in [6, 6.07) is 14.4. The van der Waals surface area contributed by atoms with E-state index in [9.17, 15) is 13.7 Å². The van der Waals surface area contributed by atoms with Crippen LogP contribution < -0.4 is 9.47 Å². The molecule has 0 radical (unpaired) electrons. The van der Waals surface area contributed by atoms with Crippen LogP contribution in [0.15, 0.2) is 58.5 Å². The van der Waals surface area contributed by atoms with Crippen molar-refractivity contribution in [1.82, 2.24) is 9.80 Å². The fourth-order valence-corrected chi connectivity index (χ4v) is 4.67. The molecule has 0 unspecified atom stereocenters. The lowest BCUT2D eigenvalue weighted by molar-refractivity contribution is 0.161. The van der Waals surface area contributed by atoms with Crippen LogP contribution in [-0.2, 0) is 16.4 Å². The summed E-state index contributed by atoms with van der Waals surface area (Å²) in [5.74, 6) is 1.54. The molecule has 0 amide bonds. The second-order valence-electron chi connectivity index (χ2n) is 7.42. The van der Waals surface area contributed by atoms with Gasteiger partial charge in [0.05, 0.1) is 4.90 Å². The standard InChI is InChI=1S/C22H23N3O4S/c1-17-2-5-19(6-3-17)30(26,27)20(13-23)15-25-10-8-24(9-11-25)14-18-4-7-21-22(12-18)29-16-28-21/h2-7,12,15H,8-11,14,16H2,1H3. The lowest BCUT2D eigenvalue weighted by atomic mass is 10.1. The molecule has 30 heavy (non-hydrogen) atoms. The molecule has 0 aromatic heterocycles. The first-order valence-electron chi connectivity index (χ1n) is 9.74. The second kappa shape index (κ2) is 8.38. The molecule has 1 fully saturated rings. The molecular formula is C22H23N3O4S. The first-order chi connectivity index (χ1) is 14.5. The molecule has 0 saturated carbocycles. The smallest absolute Gasteiger partial charge is 0.231 e. The topological polar surface area (TPSA) is 82.9 Å². The van der Waals surface area contributed by atoms with Gasteiger partial charge in [0, 0.05) is 38.9 Å². The third-order valence-electron chi connectivity index (χ3n) is 5.28. The summed E-state index contributed by atoms with van der Waals surface area (Å²) in [4.78, 5) is 4.11. The molecule has 2 aliphatic heterocycles. The Hall–Kier alpha value is -3.02. The van der Waals surface area contributed by atoms with Gasteiger partial charge in [-0.3, -0.25) is 4.90 Å². The average Bonchev–Trinajstić information content (AvgIpc) is 3.21. The van der Waals surface area contributed by atoms with Gasteiger partial charge in [0.25, 0.3) is 0 Å². The van der Waals surface area contributed by atoms with E-state index in [2.05, 4.69) is 4.90 Å². The van der Waals surface area contributed by atoms with E-state index >= 15 is 0 Å². The maximum absolute atomic E-state index is 12.8. The molecule has 1 saturated heterocycles. The first-order valence-corrected chi connectivity index (χ1v) is 11.2. The zero-order chi connectivity index (χ0) is 21.1. The Bertz CT molecular complexity index is 1100. The van der Waals surface area contributed by atoms with E-state index in [0.29, 0.717) is 13.1 Å². The zero-order valence-electron chi connectivity index (χ0n) is 16.7. The molecular weight excluding hydrogens is 402 g/mol. The highest BCUT2D eigenvalue weighted by Crippen LogP contribution is 2.32. The van der Waals surface area contributed by atoms with Crippen molar-refractivity contribution in [2.45, 2.75) is 18.4 Å². The van der Waals surface area contributed by atoms with E-state index in [1.165, 1.54) is 6.20 Å². The number of hydrogen-bond donors (Lipinski definition) is 0. The second-order valence-corrected chi connectivity index (χ2v) is 9.34. The summed E-state index contributed by atoms with van der Waals surface area (Å²) < 4.78 is 36.4. The molecule has 4 rings (SSSR count). The molecule has 0 spiro atoms. The first kappa shape index (κ1) is 20.3. The Morgan fingerprint density at radius 2 is 1.77 bits per heavy atom. The van der Waals surface area contributed by atoms with Crippen LogP contribution in [0.1, 0.15) is 11.1 Å². The minimum absolute atomic E-state index is 0.141. The number of benzene rings is 2. The maximum atomic E-state index is 12.8. The molecule has 156 valence electrons. The quantitative estimate of drug-likeness (QED) is 0.681. The van der Waals surface area contributed by atoms with Gasteiger partial charge in [0.2, 0.25) is 16.6 Å². The highest BCUT2D eigenvalue weighted by molar-refractivity contribution is 7.95. The highest BCUT2D eigenvalue weighted by atomic mass is 32.2. The van der Waals surface area contributed by atoms with Gasteiger partial charge in [-0.25, -0.2) is 8.42 Å². The SMILES string of the molecule is Cc1ccc(S(=O)(=O)C(C#N)=CN2CCN(Cc3ccc4c(c3)OCO4)CC2)cc1. The molecule has 8 heteroatoms. The van der Waals surface area contributed by atoms with Crippen LogP contribution in [0.3, 0.4) is 0 Å². The van der Waals surface area contributed by atoms with Gasteiger partial charge in [-0.1, -0.05) is 23.8 Å². The van der Waals surface area contributed by atoms with Crippen LogP contribution in [0.4, 0.5) is 0 Å². The molecule has 0 aliphatic carbocycles. The molecule has 2 aromatic rings. The Kier molecular flexibility index (Phi) is 5.66. The Balaban J connectivity index is 1.40. The fraction of sp³-hybridized carbons (Fsp3) is 0.318. The van der Waals surface area contributed by atoms with Crippen LogP contribution in [0, 0.1) is 18.3 Å². The molecule has 2 aliphatic rings. The van der Waals surface area contributed by atoms with E-state index in [4.69, 9.17) is 9.47 Å². The number of nitriles is 1. The number of hydrogen-bond acceptors (Lipinski definition) is 7. The Morgan fingerprint density at radius 3 is 2.47 bits per heavy atom. The Morgan fingerprint density at radius 1 is 1.07 bits per heavy atom. The number of piperazine rings is 1. The average molecular weight is 426 g/mol. The van der Waals surface area contributed by atoms with Crippen molar-refractivity contribution in [3.8, 4) is 17.6 Å². The van der Waals surface area contributed by atoms with Gasteiger partial charge >= 0.3 is 0 Å². The van der Waals surface area contributed by atoms with Crippen molar-refractivity contribution in [3.05, 3.63) is 64.7 Å². The van der Waals surface area contributed by atoms with Gasteiger partial charge in [0.1, 0.15) is 6.07 Å². The van der Waals surface area contributed by atoms with Crippen molar-refractivity contribution < 1.29 is 17.9 Å². The zero-order valence-corrected chi connectivity index (χ0v) is 17.6. The molecule has 0 atom stereocenters. The molecule has 0 N–H and O–H groups in total. The van der Waals surface area contributed by atoms with Crippen LogP contribution in [0.25, 0.3) is 0 Å². The summed E-state index contributed by atoms with van der Waals surface area (Å²) in [6.07, 6.45) is 1.48. The lowest BCUT2D eigenvalue weighted by Gasteiger charge is -2.34. The van der Waals surface area contributed by atoms with Crippen LogP contribution >= 0.6 is 0 Å². The number of rotatable bonds is 5. The van der Waals surface area contributed by atoms with Gasteiger partial charge in [0.15, 0.2) is 16.4 Å². The number of aryl methyl sites for hydroxylation is 1. The number of fused-ring (bicyclic) bond motifs is 1. The van der Waals surface area contributed by atoms with Crippen molar-refractivity contribution in [2.75, 3.05) is 33.0 Å². The molecule has 2 heterocycles. The molecule has 2 aromatic carbocycles. The maximum Gasteiger partial charge on any atom is 0.231 e. The third kappa shape index (κ3) is 4.27. The summed E-state index contributed by atoms with van der Waals surface area (Å²) in [5, 5.41) is 9.48. The monoisotopic (exact) mass is 425 g/mol. The summed E-state index contributed by atoms with van der Waals surface area (Å²) >= 11 is 0. The molecule has 7 nitrogen and oxygen atoms in total. The number of allylic oxidation sites excluding steroid dienone is 1. The minimum atomic E-state index is -3.82. The van der Waals surface area contributed by atoms with Gasteiger partial charge in [-0.15, -0.1) is 0 Å². The number of ether oxygens (including phenoxy) is 2. The van der Waals surface area contributed by atoms with E-state index in [1.54, 1.807) is 24.3 Å². The van der Waals surface area contributed by atoms with E-state index in [0.717, 1.165) is 42.3 Å². The largest absolute Gasteiger partial charge is 0.454 e. The summed E-state index contributed by atoms with van der Waals surface area (Å²) in [5.41, 5.74) is 2.11. The minimum Gasteiger partial charge on any atom is -0.454 e. The fourth-order valence-electron chi connectivity index (χ4n) is 3.52. The third-order valence-corrected chi connectivity index (χ3v) is 6.95. The van der Waals surface area contributed by atoms with Gasteiger partial charge in [-0.05, 0) is 36.8 Å². The predicted octanol–water partition coefficient (Wildman–Crippen LogP) is 2.68. The lowest BCUT2D eigenvalue weighted by Crippen LogP contribution is -2.43. The van der Waals surface area contributed by atoms with Crippen molar-refractivity contribution in [1.29, 1.82) is 5.26 Å². The van der Waals surface area contributed by atoms with E-state index < -0.39 is 9.84 Å². The van der Waals surface area contributed by atoms with E-state index in [-0.39, 0.29) is 16.6 Å². The normalized spacial score (nSPS) is 17.1. The summed E-state index contributed by atoms with van der Waals surface area (Å²) in [6.45, 7) is 5.78. The Labute approximate surface area is 176 Å². The van der Waals surface area contributed by atoms with Gasteiger partial charge in [-0.2, -0.15) is 5.26 Å². The van der Waals surface area contributed by atoms with Crippen molar-refractivity contribution >= 4 is 9.84 Å². The van der Waals surface area contributed by atoms with Crippen LogP contribution in [0.5, 0.6) is 11.5 Å². The summed E-state index contributed by atoms with van der Waals surface area (Å²) in [7, 11) is -3.82.